The van der Waals surface area contributed by atoms with Gasteiger partial charge in [-0.05, 0) is 43.9 Å². The van der Waals surface area contributed by atoms with E-state index >= 15 is 0 Å². The summed E-state index contributed by atoms with van der Waals surface area (Å²) in [5, 5.41) is 26.1. The van der Waals surface area contributed by atoms with Gasteiger partial charge in [0.2, 0.25) is 23.6 Å². The van der Waals surface area contributed by atoms with Crippen molar-refractivity contribution >= 4 is 35.6 Å². The van der Waals surface area contributed by atoms with Gasteiger partial charge in [-0.2, -0.15) is 0 Å². The predicted molar refractivity (Wildman–Crippen MR) is 137 cm³/mol. The fourth-order valence-electron chi connectivity index (χ4n) is 3.23. The van der Waals surface area contributed by atoms with Crippen LogP contribution in [0.1, 0.15) is 38.2 Å². The maximum Gasteiger partial charge on any atom is 0.326 e. The van der Waals surface area contributed by atoms with Crippen molar-refractivity contribution in [3.8, 4) is 5.75 Å². The molecule has 15 nitrogen and oxygen atoms in total. The SMILES string of the molecule is CC(NC(=O)C(CCC(N)=O)NC(=O)C(N)CCCN=C(N)N)C(=O)NC(Cc1ccc(O)cc1)C(=O)O. The minimum atomic E-state index is -1.31. The lowest BCUT2D eigenvalue weighted by Crippen LogP contribution is -2.56. The summed E-state index contributed by atoms with van der Waals surface area (Å²) < 4.78 is 0. The van der Waals surface area contributed by atoms with Crippen molar-refractivity contribution in [2.75, 3.05) is 6.54 Å². The molecule has 0 aliphatic rings. The maximum atomic E-state index is 12.8. The number of carbonyl (C=O) groups is 5. The van der Waals surface area contributed by atoms with Crippen LogP contribution in [0.15, 0.2) is 29.3 Å². The standard InChI is InChI=1S/C23H36N8O7/c1-12(19(34)31-17(22(37)38)11-13-4-6-14(32)7-5-13)29-21(36)16(8-9-18(25)33)30-20(35)15(24)3-2-10-28-23(26)27/h4-7,12,15-17,32H,2-3,8-11,24H2,1H3,(H2,25,33)(H,29,36)(H,30,35)(H,31,34)(H,37,38)(H4,26,27,28). The molecule has 0 heterocycles. The number of carboxylic acid groups (broad SMARTS) is 1. The minimum absolute atomic E-state index is 0.00544. The summed E-state index contributed by atoms with van der Waals surface area (Å²) in [4.78, 5) is 64.6. The number of phenolic OH excluding ortho intramolecular Hbond substituents is 1. The molecule has 13 N–H and O–H groups in total. The van der Waals surface area contributed by atoms with Gasteiger partial charge in [0, 0.05) is 19.4 Å². The Balaban J connectivity index is 2.78. The highest BCUT2D eigenvalue weighted by molar-refractivity contribution is 5.94. The van der Waals surface area contributed by atoms with E-state index in [4.69, 9.17) is 22.9 Å². The molecule has 4 atom stereocenters. The number of carbonyl (C=O) groups excluding carboxylic acids is 4. The quantitative estimate of drug-likeness (QED) is 0.0591. The first-order valence-electron chi connectivity index (χ1n) is 11.8. The molecule has 1 aromatic rings. The number of phenols is 1. The monoisotopic (exact) mass is 536 g/mol. The van der Waals surface area contributed by atoms with Crippen LogP contribution in [-0.2, 0) is 30.4 Å². The van der Waals surface area contributed by atoms with Gasteiger partial charge in [-0.1, -0.05) is 12.1 Å². The smallest absolute Gasteiger partial charge is 0.326 e. The van der Waals surface area contributed by atoms with Crippen molar-refractivity contribution in [2.45, 2.75) is 63.2 Å². The first kappa shape index (κ1) is 31.6. The van der Waals surface area contributed by atoms with Crippen LogP contribution in [-0.4, -0.2) is 76.5 Å². The minimum Gasteiger partial charge on any atom is -0.508 e. The molecule has 0 aliphatic carbocycles. The molecule has 0 bridgehead atoms. The average molecular weight is 537 g/mol. The maximum absolute atomic E-state index is 12.8. The number of amides is 4. The van der Waals surface area contributed by atoms with E-state index in [9.17, 15) is 34.2 Å². The zero-order valence-corrected chi connectivity index (χ0v) is 21.1. The Morgan fingerprint density at radius 3 is 2.05 bits per heavy atom. The zero-order valence-electron chi connectivity index (χ0n) is 21.1. The molecule has 0 spiro atoms. The highest BCUT2D eigenvalue weighted by Gasteiger charge is 2.28. The van der Waals surface area contributed by atoms with E-state index in [0.29, 0.717) is 12.0 Å². The van der Waals surface area contributed by atoms with Crippen LogP contribution in [0, 0.1) is 0 Å². The summed E-state index contributed by atoms with van der Waals surface area (Å²) in [6.45, 7) is 1.58. The number of hydrogen-bond acceptors (Lipinski definition) is 8. The topological polar surface area (TPSA) is 278 Å². The molecule has 0 radical (unpaired) electrons. The van der Waals surface area contributed by atoms with E-state index in [0.717, 1.165) is 0 Å². The molecule has 1 aromatic carbocycles. The van der Waals surface area contributed by atoms with Crippen LogP contribution in [0.25, 0.3) is 0 Å². The van der Waals surface area contributed by atoms with E-state index in [1.54, 1.807) is 0 Å². The second-order valence-corrected chi connectivity index (χ2v) is 8.62. The Hall–Kier alpha value is -4.40. The normalized spacial score (nSPS) is 13.7. The van der Waals surface area contributed by atoms with Crippen LogP contribution in [0.2, 0.25) is 0 Å². The average Bonchev–Trinajstić information content (AvgIpc) is 2.84. The Kier molecular flexibility index (Phi) is 13.0. The second kappa shape index (κ2) is 15.7. The lowest BCUT2D eigenvalue weighted by atomic mass is 10.1. The highest BCUT2D eigenvalue weighted by atomic mass is 16.4. The number of aliphatic imine (C=N–C) groups is 1. The number of benzene rings is 1. The number of rotatable bonds is 16. The number of guanidine groups is 1. The summed E-state index contributed by atoms with van der Waals surface area (Å²) >= 11 is 0. The van der Waals surface area contributed by atoms with Crippen LogP contribution in [0.3, 0.4) is 0 Å². The second-order valence-electron chi connectivity index (χ2n) is 8.62. The molecule has 0 aromatic heterocycles. The molecule has 15 heteroatoms. The van der Waals surface area contributed by atoms with Crippen LogP contribution in [0.4, 0.5) is 0 Å². The third kappa shape index (κ3) is 12.0. The lowest BCUT2D eigenvalue weighted by molar-refractivity contribution is -0.142. The lowest BCUT2D eigenvalue weighted by Gasteiger charge is -2.23. The van der Waals surface area contributed by atoms with Crippen molar-refractivity contribution in [3.05, 3.63) is 29.8 Å². The number of primary amides is 1. The number of aliphatic carboxylic acids is 1. The molecule has 0 saturated heterocycles. The number of hydrogen-bond donors (Lipinski definition) is 9. The van der Waals surface area contributed by atoms with Crippen LogP contribution >= 0.6 is 0 Å². The molecule has 0 aliphatic heterocycles. The van der Waals surface area contributed by atoms with Crippen LogP contribution in [0.5, 0.6) is 5.75 Å². The fourth-order valence-corrected chi connectivity index (χ4v) is 3.23. The molecule has 1 rings (SSSR count). The molecule has 4 amide bonds. The summed E-state index contributed by atoms with van der Waals surface area (Å²) in [6, 6.07) is 1.07. The third-order valence-electron chi connectivity index (χ3n) is 5.36. The molecule has 0 fully saturated rings. The molecular formula is C23H36N8O7. The van der Waals surface area contributed by atoms with Gasteiger partial charge in [-0.15, -0.1) is 0 Å². The molecule has 4 unspecified atom stereocenters. The molecule has 38 heavy (non-hydrogen) atoms. The van der Waals surface area contributed by atoms with E-state index in [-0.39, 0.29) is 43.9 Å². The van der Waals surface area contributed by atoms with Gasteiger partial charge in [-0.3, -0.25) is 24.2 Å². The Morgan fingerprint density at radius 1 is 0.895 bits per heavy atom. The fraction of sp³-hybridized carbons (Fsp3) is 0.478. The Bertz CT molecular complexity index is 1010. The van der Waals surface area contributed by atoms with E-state index in [2.05, 4.69) is 20.9 Å². The summed E-state index contributed by atoms with van der Waals surface area (Å²) in [5.74, 6) is -4.35. The van der Waals surface area contributed by atoms with Crippen molar-refractivity contribution in [3.63, 3.8) is 0 Å². The molecule has 0 saturated carbocycles. The van der Waals surface area contributed by atoms with Crippen molar-refractivity contribution in [1.82, 2.24) is 16.0 Å². The number of nitrogens with two attached hydrogens (primary N) is 4. The van der Waals surface area contributed by atoms with E-state index < -0.39 is 53.8 Å². The number of carboxylic acids is 1. The number of nitrogens with one attached hydrogen (secondary N) is 3. The highest BCUT2D eigenvalue weighted by Crippen LogP contribution is 2.11. The van der Waals surface area contributed by atoms with Crippen molar-refractivity contribution in [1.29, 1.82) is 0 Å². The third-order valence-corrected chi connectivity index (χ3v) is 5.36. The number of nitrogens with zero attached hydrogens (tertiary/aromatic N) is 1. The first-order chi connectivity index (χ1) is 17.8. The van der Waals surface area contributed by atoms with Gasteiger partial charge < -0.3 is 49.1 Å². The summed E-state index contributed by atoms with van der Waals surface area (Å²) in [7, 11) is 0. The summed E-state index contributed by atoms with van der Waals surface area (Å²) in [5.41, 5.74) is 22.1. The van der Waals surface area contributed by atoms with Crippen LogP contribution < -0.4 is 38.9 Å². The summed E-state index contributed by atoms with van der Waals surface area (Å²) in [6.07, 6.45) is 0.160. The predicted octanol–water partition coefficient (Wildman–Crippen LogP) is -2.86. The first-order valence-corrected chi connectivity index (χ1v) is 11.8. The number of aromatic hydroxyl groups is 1. The van der Waals surface area contributed by atoms with Gasteiger partial charge in [0.15, 0.2) is 5.96 Å². The molecular weight excluding hydrogens is 500 g/mol. The van der Waals surface area contributed by atoms with E-state index in [1.165, 1.54) is 31.2 Å². The van der Waals surface area contributed by atoms with Gasteiger partial charge >= 0.3 is 5.97 Å². The molecule has 210 valence electrons. The van der Waals surface area contributed by atoms with Gasteiger partial charge in [0.05, 0.1) is 6.04 Å². The van der Waals surface area contributed by atoms with Gasteiger partial charge in [0.1, 0.15) is 23.9 Å². The Morgan fingerprint density at radius 2 is 1.50 bits per heavy atom. The van der Waals surface area contributed by atoms with Gasteiger partial charge in [0.25, 0.3) is 0 Å². The Labute approximate surface area is 219 Å². The zero-order chi connectivity index (χ0) is 28.8. The van der Waals surface area contributed by atoms with Crippen molar-refractivity contribution in [2.24, 2.45) is 27.9 Å². The van der Waals surface area contributed by atoms with Crippen molar-refractivity contribution < 1.29 is 34.2 Å². The largest absolute Gasteiger partial charge is 0.508 e. The van der Waals surface area contributed by atoms with Gasteiger partial charge in [-0.25, -0.2) is 4.79 Å². The van der Waals surface area contributed by atoms with E-state index in [1.807, 2.05) is 0 Å².